The van der Waals surface area contributed by atoms with Crippen molar-refractivity contribution in [2.45, 2.75) is 33.2 Å². The second-order valence-electron chi connectivity index (χ2n) is 5.54. The summed E-state index contributed by atoms with van der Waals surface area (Å²) in [4.78, 5) is 17.0. The Balaban J connectivity index is 1.82. The number of thiazole rings is 1. The highest BCUT2D eigenvalue weighted by Gasteiger charge is 2.14. The fraction of sp³-hybridized carbons (Fsp3) is 0.294. The van der Waals surface area contributed by atoms with Crippen LogP contribution >= 0.6 is 22.7 Å². The van der Waals surface area contributed by atoms with Crippen molar-refractivity contribution >= 4 is 28.6 Å². The molecule has 1 amide bonds. The predicted molar refractivity (Wildman–Crippen MR) is 95.9 cm³/mol. The van der Waals surface area contributed by atoms with E-state index < -0.39 is 0 Å². The van der Waals surface area contributed by atoms with E-state index >= 15 is 0 Å². The number of primary amides is 1. The molecule has 3 aromatic heterocycles. The molecule has 0 aliphatic rings. The fourth-order valence-electron chi connectivity index (χ4n) is 2.75. The lowest BCUT2D eigenvalue weighted by Gasteiger charge is -2.08. The van der Waals surface area contributed by atoms with Crippen molar-refractivity contribution in [3.8, 4) is 11.3 Å². The zero-order chi connectivity index (χ0) is 16.4. The molecule has 0 radical (unpaired) electrons. The molecule has 0 atom stereocenters. The minimum atomic E-state index is -0.340. The smallest absolute Gasteiger partial charge is 0.224 e. The number of aromatic nitrogens is 2. The number of hydrogen-bond acceptors (Lipinski definition) is 4. The number of carbonyl (C=O) groups excluding carboxylic acids is 1. The summed E-state index contributed by atoms with van der Waals surface area (Å²) in [5.41, 5.74) is 9.77. The van der Waals surface area contributed by atoms with Gasteiger partial charge in [0.25, 0.3) is 0 Å². The summed E-state index contributed by atoms with van der Waals surface area (Å²) in [5, 5.41) is 4.89. The Labute approximate surface area is 143 Å². The van der Waals surface area contributed by atoms with Gasteiger partial charge in [-0.3, -0.25) is 4.79 Å². The van der Waals surface area contributed by atoms with E-state index in [0.29, 0.717) is 0 Å². The molecule has 0 aliphatic carbocycles. The Morgan fingerprint density at radius 2 is 2.17 bits per heavy atom. The molecule has 23 heavy (non-hydrogen) atoms. The molecular formula is C17H19N3OS2. The maximum Gasteiger partial charge on any atom is 0.224 e. The molecule has 2 N–H and O–H groups in total. The van der Waals surface area contributed by atoms with Crippen LogP contribution in [0.3, 0.4) is 0 Å². The molecule has 0 saturated heterocycles. The molecule has 0 aliphatic heterocycles. The van der Waals surface area contributed by atoms with Crippen LogP contribution < -0.4 is 5.73 Å². The molecule has 0 bridgehead atoms. The molecule has 0 spiro atoms. The van der Waals surface area contributed by atoms with Crippen LogP contribution in [-0.4, -0.2) is 15.5 Å². The molecule has 3 rings (SSSR count). The lowest BCUT2D eigenvalue weighted by Crippen LogP contribution is -2.13. The van der Waals surface area contributed by atoms with Crippen LogP contribution in [0.4, 0.5) is 0 Å². The van der Waals surface area contributed by atoms with Crippen LogP contribution in [0.2, 0.25) is 0 Å². The lowest BCUT2D eigenvalue weighted by molar-refractivity contribution is -0.117. The third kappa shape index (κ3) is 3.54. The Bertz CT molecular complexity index is 815. The summed E-state index contributed by atoms with van der Waals surface area (Å²) in [5.74, 6) is -0.340. The van der Waals surface area contributed by atoms with Crippen molar-refractivity contribution in [3.63, 3.8) is 0 Å². The van der Waals surface area contributed by atoms with E-state index in [9.17, 15) is 4.79 Å². The number of thiophene rings is 1. The van der Waals surface area contributed by atoms with Crippen LogP contribution in [0, 0.1) is 13.8 Å². The predicted octanol–water partition coefficient (Wildman–Crippen LogP) is 3.56. The molecule has 6 heteroatoms. The van der Waals surface area contributed by atoms with Gasteiger partial charge in [-0.15, -0.1) is 22.7 Å². The van der Waals surface area contributed by atoms with Crippen molar-refractivity contribution in [2.24, 2.45) is 5.73 Å². The minimum Gasteiger partial charge on any atom is -0.369 e. The summed E-state index contributed by atoms with van der Waals surface area (Å²) < 4.78 is 2.34. The molecule has 3 aromatic rings. The zero-order valence-corrected chi connectivity index (χ0v) is 14.8. The number of rotatable bonds is 6. The van der Waals surface area contributed by atoms with Gasteiger partial charge in [0, 0.05) is 33.8 Å². The Hall–Kier alpha value is -1.92. The van der Waals surface area contributed by atoms with Crippen LogP contribution in [0.5, 0.6) is 0 Å². The molecule has 0 fully saturated rings. The highest BCUT2D eigenvalue weighted by atomic mass is 32.1. The summed E-state index contributed by atoms with van der Waals surface area (Å²) in [6, 6.07) is 6.44. The minimum absolute atomic E-state index is 0.210. The summed E-state index contributed by atoms with van der Waals surface area (Å²) in [7, 11) is 0. The normalized spacial score (nSPS) is 11.0. The van der Waals surface area contributed by atoms with Crippen molar-refractivity contribution in [3.05, 3.63) is 50.2 Å². The topological polar surface area (TPSA) is 60.9 Å². The highest BCUT2D eigenvalue weighted by molar-refractivity contribution is 7.10. The SMILES string of the molecule is Cc1cc(-c2csc(CC(N)=O)n2)c(C)n1CCc1cccs1. The third-order valence-electron chi connectivity index (χ3n) is 3.89. The molecule has 0 unspecified atom stereocenters. The van der Waals surface area contributed by atoms with Crippen LogP contribution in [0.1, 0.15) is 21.3 Å². The van der Waals surface area contributed by atoms with Crippen LogP contribution in [-0.2, 0) is 24.2 Å². The van der Waals surface area contributed by atoms with Crippen LogP contribution in [0.15, 0.2) is 29.0 Å². The van der Waals surface area contributed by atoms with E-state index in [2.05, 4.69) is 47.0 Å². The van der Waals surface area contributed by atoms with Gasteiger partial charge in [-0.05, 0) is 37.8 Å². The van der Waals surface area contributed by atoms with Gasteiger partial charge in [0.15, 0.2) is 0 Å². The van der Waals surface area contributed by atoms with E-state index in [-0.39, 0.29) is 12.3 Å². The first kappa shape index (κ1) is 16.0. The molecular weight excluding hydrogens is 326 g/mol. The van der Waals surface area contributed by atoms with Gasteiger partial charge < -0.3 is 10.3 Å². The molecule has 120 valence electrons. The number of carbonyl (C=O) groups is 1. The van der Waals surface area contributed by atoms with Gasteiger partial charge in [0.2, 0.25) is 5.91 Å². The van der Waals surface area contributed by atoms with Gasteiger partial charge in [-0.2, -0.15) is 0 Å². The molecule has 0 aromatic carbocycles. The standard InChI is InChI=1S/C17H19N3OS2/c1-11-8-14(15-10-23-17(19-15)9-16(18)21)12(2)20(11)6-5-13-4-3-7-22-13/h3-4,7-8,10H,5-6,9H2,1-2H3,(H2,18,21). The highest BCUT2D eigenvalue weighted by Crippen LogP contribution is 2.28. The number of hydrogen-bond donors (Lipinski definition) is 1. The van der Waals surface area contributed by atoms with Crippen molar-refractivity contribution in [1.29, 1.82) is 0 Å². The van der Waals surface area contributed by atoms with Gasteiger partial charge in [0.1, 0.15) is 5.01 Å². The van der Waals surface area contributed by atoms with Crippen molar-refractivity contribution < 1.29 is 4.79 Å². The molecule has 4 nitrogen and oxygen atoms in total. The maximum atomic E-state index is 11.0. The second-order valence-corrected chi connectivity index (χ2v) is 7.51. The average molecular weight is 345 g/mol. The number of nitrogens with zero attached hydrogens (tertiary/aromatic N) is 2. The lowest BCUT2D eigenvalue weighted by atomic mass is 10.2. The number of amides is 1. The first-order chi connectivity index (χ1) is 11.0. The fourth-order valence-corrected chi connectivity index (χ4v) is 4.25. The largest absolute Gasteiger partial charge is 0.369 e. The van der Waals surface area contributed by atoms with Crippen LogP contribution in [0.25, 0.3) is 11.3 Å². The zero-order valence-electron chi connectivity index (χ0n) is 13.2. The van der Waals surface area contributed by atoms with E-state index in [1.54, 1.807) is 11.3 Å². The summed E-state index contributed by atoms with van der Waals surface area (Å²) >= 11 is 3.29. The molecule has 0 saturated carbocycles. The summed E-state index contributed by atoms with van der Waals surface area (Å²) in [6.45, 7) is 5.22. The van der Waals surface area contributed by atoms with E-state index in [1.807, 2.05) is 5.38 Å². The second kappa shape index (κ2) is 6.68. The first-order valence-corrected chi connectivity index (χ1v) is 9.22. The maximum absolute atomic E-state index is 11.0. The quantitative estimate of drug-likeness (QED) is 0.742. The summed E-state index contributed by atoms with van der Waals surface area (Å²) in [6.07, 6.45) is 1.25. The van der Waals surface area contributed by atoms with Gasteiger partial charge in [0.05, 0.1) is 12.1 Å². The monoisotopic (exact) mass is 345 g/mol. The number of nitrogens with two attached hydrogens (primary N) is 1. The molecule has 3 heterocycles. The Morgan fingerprint density at radius 1 is 1.35 bits per heavy atom. The van der Waals surface area contributed by atoms with Crippen molar-refractivity contribution in [2.75, 3.05) is 0 Å². The van der Waals surface area contributed by atoms with E-state index in [4.69, 9.17) is 5.73 Å². The first-order valence-electron chi connectivity index (χ1n) is 7.47. The third-order valence-corrected chi connectivity index (χ3v) is 5.67. The van der Waals surface area contributed by atoms with Gasteiger partial charge in [-0.25, -0.2) is 4.98 Å². The Morgan fingerprint density at radius 3 is 2.87 bits per heavy atom. The van der Waals surface area contributed by atoms with Gasteiger partial charge >= 0.3 is 0 Å². The Kier molecular flexibility index (Phi) is 4.63. The average Bonchev–Trinajstić information content (AvgIpc) is 3.19. The van der Waals surface area contributed by atoms with Gasteiger partial charge in [-0.1, -0.05) is 6.07 Å². The van der Waals surface area contributed by atoms with E-state index in [1.165, 1.54) is 27.6 Å². The van der Waals surface area contributed by atoms with E-state index in [0.717, 1.165) is 29.2 Å². The van der Waals surface area contributed by atoms with Crippen molar-refractivity contribution in [1.82, 2.24) is 9.55 Å². The number of aryl methyl sites for hydroxylation is 2.